The van der Waals surface area contributed by atoms with E-state index in [-0.39, 0.29) is 17.4 Å². The number of nitrogens with one attached hydrogen (secondary N) is 1. The highest BCUT2D eigenvalue weighted by Crippen LogP contribution is 2.27. The molecule has 0 aliphatic heterocycles. The third kappa shape index (κ3) is 2.52. The van der Waals surface area contributed by atoms with Crippen molar-refractivity contribution in [2.45, 2.75) is 11.9 Å². The highest BCUT2D eigenvalue weighted by Gasteiger charge is 2.30. The molecule has 0 amide bonds. The second-order valence-electron chi connectivity index (χ2n) is 3.95. The van der Waals surface area contributed by atoms with Crippen LogP contribution in [0.4, 0.5) is 5.82 Å². The number of hydrazine groups is 1. The molecule has 0 bridgehead atoms. The van der Waals surface area contributed by atoms with E-state index in [0.29, 0.717) is 18.1 Å². The maximum Gasteiger partial charge on any atom is 0.263 e. The van der Waals surface area contributed by atoms with Crippen LogP contribution in [0.15, 0.2) is 16.6 Å². The van der Waals surface area contributed by atoms with E-state index in [1.807, 2.05) is 0 Å². The number of aromatic nitrogens is 2. The molecule has 0 spiro atoms. The van der Waals surface area contributed by atoms with Gasteiger partial charge in [0.2, 0.25) is 5.03 Å². The van der Waals surface area contributed by atoms with Gasteiger partial charge >= 0.3 is 0 Å². The van der Waals surface area contributed by atoms with Crippen molar-refractivity contribution in [1.82, 2.24) is 13.7 Å². The first-order valence-corrected chi connectivity index (χ1v) is 8.29. The topological polar surface area (TPSA) is 102 Å². The van der Waals surface area contributed by atoms with Gasteiger partial charge in [0, 0.05) is 31.8 Å². The van der Waals surface area contributed by atoms with Crippen molar-refractivity contribution in [3.8, 4) is 0 Å². The van der Waals surface area contributed by atoms with Gasteiger partial charge in [-0.2, -0.15) is 9.29 Å². The van der Waals surface area contributed by atoms with Crippen LogP contribution in [0.1, 0.15) is 6.92 Å². The summed E-state index contributed by atoms with van der Waals surface area (Å²) in [5.74, 6) is 5.53. The molecule has 0 atom stereocenters. The molecule has 2 heterocycles. The minimum Gasteiger partial charge on any atom is -0.383 e. The number of likely N-dealkylation sites (N-methyl/N-ethyl adjacent to an activating group) is 1. The molecule has 0 radical (unpaired) electrons. The zero-order valence-electron chi connectivity index (χ0n) is 11.2. The number of ether oxygens (including phenoxy) is 1. The second-order valence-corrected chi connectivity index (χ2v) is 6.68. The van der Waals surface area contributed by atoms with Crippen molar-refractivity contribution in [2.75, 3.05) is 32.2 Å². The van der Waals surface area contributed by atoms with E-state index in [4.69, 9.17) is 10.6 Å². The first-order valence-electron chi connectivity index (χ1n) is 5.97. The normalized spacial score (nSPS) is 12.4. The lowest BCUT2D eigenvalue weighted by atomic mass is 10.6. The Hall–Kier alpha value is -1.20. The fourth-order valence-electron chi connectivity index (χ4n) is 1.87. The summed E-state index contributed by atoms with van der Waals surface area (Å²) in [6, 6.07) is 0. The Kier molecular flexibility index (Phi) is 4.60. The zero-order chi connectivity index (χ0) is 14.8. The van der Waals surface area contributed by atoms with Gasteiger partial charge in [0.25, 0.3) is 10.0 Å². The average molecular weight is 319 g/mol. The van der Waals surface area contributed by atoms with E-state index in [1.54, 1.807) is 18.5 Å². The van der Waals surface area contributed by atoms with E-state index in [2.05, 4.69) is 10.4 Å². The van der Waals surface area contributed by atoms with E-state index in [0.717, 1.165) is 0 Å². The molecule has 0 aliphatic rings. The molecule has 112 valence electrons. The Morgan fingerprint density at radius 3 is 2.95 bits per heavy atom. The zero-order valence-corrected chi connectivity index (χ0v) is 12.9. The lowest BCUT2D eigenvalue weighted by Crippen LogP contribution is -2.35. The van der Waals surface area contributed by atoms with E-state index in [1.165, 1.54) is 27.2 Å². The van der Waals surface area contributed by atoms with Gasteiger partial charge in [0.05, 0.1) is 6.61 Å². The molecule has 0 aromatic carbocycles. The van der Waals surface area contributed by atoms with Crippen LogP contribution in [0.5, 0.6) is 0 Å². The number of nitrogens with two attached hydrogens (primary N) is 1. The van der Waals surface area contributed by atoms with Crippen molar-refractivity contribution < 1.29 is 13.2 Å². The number of sulfonamides is 1. The van der Waals surface area contributed by atoms with Crippen LogP contribution in [-0.4, -0.2) is 48.9 Å². The third-order valence-corrected chi connectivity index (χ3v) is 5.59. The quantitative estimate of drug-likeness (QED) is 0.563. The van der Waals surface area contributed by atoms with Crippen LogP contribution < -0.4 is 11.3 Å². The number of hydrogen-bond donors (Lipinski definition) is 2. The van der Waals surface area contributed by atoms with Crippen LogP contribution in [-0.2, 0) is 14.8 Å². The van der Waals surface area contributed by atoms with Gasteiger partial charge in [0.15, 0.2) is 10.8 Å². The maximum absolute atomic E-state index is 12.7. The number of fused-ring (bicyclic) bond motifs is 1. The number of nitrogen functional groups attached to an aromatic ring is 1. The lowest BCUT2D eigenvalue weighted by molar-refractivity contribution is 0.180. The number of nitrogens with zero attached hydrogens (tertiary/aromatic N) is 3. The van der Waals surface area contributed by atoms with Crippen molar-refractivity contribution >= 4 is 32.1 Å². The average Bonchev–Trinajstić information content (AvgIpc) is 2.98. The second kappa shape index (κ2) is 6.06. The summed E-state index contributed by atoms with van der Waals surface area (Å²) < 4.78 is 33.3. The first kappa shape index (κ1) is 15.2. The Morgan fingerprint density at radius 2 is 2.35 bits per heavy atom. The maximum atomic E-state index is 12.7. The number of anilines is 1. The highest BCUT2D eigenvalue weighted by atomic mass is 32.2. The smallest absolute Gasteiger partial charge is 0.263 e. The number of methoxy groups -OCH3 is 1. The molecule has 2 rings (SSSR count). The summed E-state index contributed by atoms with van der Waals surface area (Å²) in [5.41, 5.74) is 2.35. The third-order valence-electron chi connectivity index (χ3n) is 2.84. The molecule has 2 aromatic rings. The summed E-state index contributed by atoms with van der Waals surface area (Å²) in [4.78, 5) is 4.73. The minimum absolute atomic E-state index is 0.0502. The van der Waals surface area contributed by atoms with Crippen LogP contribution in [0.25, 0.3) is 4.96 Å². The Labute approximate surface area is 121 Å². The summed E-state index contributed by atoms with van der Waals surface area (Å²) in [5, 5.41) is 1.82. The number of rotatable bonds is 7. The SMILES string of the molecule is CCN(CCOC)S(=O)(=O)c1c(NN)nc2sccn12. The number of imidazole rings is 1. The monoisotopic (exact) mass is 319 g/mol. The molecule has 10 heteroatoms. The van der Waals surface area contributed by atoms with Crippen molar-refractivity contribution in [3.63, 3.8) is 0 Å². The molecule has 0 saturated heterocycles. The Morgan fingerprint density at radius 1 is 1.60 bits per heavy atom. The molecule has 2 aromatic heterocycles. The Balaban J connectivity index is 2.51. The highest BCUT2D eigenvalue weighted by molar-refractivity contribution is 7.89. The molecule has 8 nitrogen and oxygen atoms in total. The van der Waals surface area contributed by atoms with Crippen LogP contribution in [0.2, 0.25) is 0 Å². The molecule has 3 N–H and O–H groups in total. The molecule has 20 heavy (non-hydrogen) atoms. The molecule has 0 saturated carbocycles. The van der Waals surface area contributed by atoms with Crippen LogP contribution >= 0.6 is 11.3 Å². The van der Waals surface area contributed by atoms with Crippen molar-refractivity contribution in [2.24, 2.45) is 5.84 Å². The first-order chi connectivity index (χ1) is 9.56. The fraction of sp³-hybridized carbons (Fsp3) is 0.500. The van der Waals surface area contributed by atoms with Gasteiger partial charge in [-0.25, -0.2) is 14.3 Å². The standard InChI is InChI=1S/C10H17N5O3S2/c1-3-14(4-6-18-2)20(16,17)9-8(13-11)12-10-15(9)5-7-19-10/h5,7,13H,3-4,6,11H2,1-2H3. The molecule has 0 unspecified atom stereocenters. The summed E-state index contributed by atoms with van der Waals surface area (Å²) in [6.07, 6.45) is 1.66. The van der Waals surface area contributed by atoms with E-state index >= 15 is 0 Å². The van der Waals surface area contributed by atoms with Gasteiger partial charge in [0.1, 0.15) is 0 Å². The molecule has 0 fully saturated rings. The van der Waals surface area contributed by atoms with Gasteiger partial charge in [-0.1, -0.05) is 6.92 Å². The summed E-state index contributed by atoms with van der Waals surface area (Å²) >= 11 is 1.34. The van der Waals surface area contributed by atoms with Crippen molar-refractivity contribution in [1.29, 1.82) is 0 Å². The minimum atomic E-state index is -3.70. The van der Waals surface area contributed by atoms with Crippen LogP contribution in [0.3, 0.4) is 0 Å². The summed E-state index contributed by atoms with van der Waals surface area (Å²) in [6.45, 7) is 2.71. The molecular formula is C10H17N5O3S2. The van der Waals surface area contributed by atoms with E-state index in [9.17, 15) is 8.42 Å². The fourth-order valence-corrected chi connectivity index (χ4v) is 4.29. The number of thiazole rings is 1. The lowest BCUT2D eigenvalue weighted by Gasteiger charge is -2.20. The van der Waals surface area contributed by atoms with Crippen molar-refractivity contribution in [3.05, 3.63) is 11.6 Å². The Bertz CT molecular complexity index is 678. The van der Waals surface area contributed by atoms with Gasteiger partial charge < -0.3 is 10.2 Å². The molecular weight excluding hydrogens is 302 g/mol. The largest absolute Gasteiger partial charge is 0.383 e. The van der Waals surface area contributed by atoms with Crippen LogP contribution in [0, 0.1) is 0 Å². The van der Waals surface area contributed by atoms with Gasteiger partial charge in [-0.3, -0.25) is 4.40 Å². The molecule has 0 aliphatic carbocycles. The predicted octanol–water partition coefficient (Wildman–Crippen LogP) is 0.338. The predicted molar refractivity (Wildman–Crippen MR) is 77.2 cm³/mol. The number of hydrogen-bond acceptors (Lipinski definition) is 7. The summed E-state index contributed by atoms with van der Waals surface area (Å²) in [7, 11) is -2.17. The van der Waals surface area contributed by atoms with E-state index < -0.39 is 10.0 Å². The van der Waals surface area contributed by atoms with Gasteiger partial charge in [-0.15, -0.1) is 11.3 Å². The van der Waals surface area contributed by atoms with Gasteiger partial charge in [-0.05, 0) is 0 Å².